The van der Waals surface area contributed by atoms with Crippen molar-refractivity contribution >= 4 is 29.7 Å². The number of likely N-dealkylation sites (tertiary alicyclic amines) is 1. The summed E-state index contributed by atoms with van der Waals surface area (Å²) in [6, 6.07) is 12.6. The van der Waals surface area contributed by atoms with Crippen LogP contribution in [0.2, 0.25) is 0 Å². The number of carbonyl (C=O) groups excluding carboxylic acids is 1. The first-order valence-electron chi connectivity index (χ1n) is 7.39. The van der Waals surface area contributed by atoms with Crippen molar-refractivity contribution in [1.29, 1.82) is 0 Å². The fourth-order valence-electron chi connectivity index (χ4n) is 2.86. The summed E-state index contributed by atoms with van der Waals surface area (Å²) in [5.41, 5.74) is 2.17. The lowest BCUT2D eigenvalue weighted by molar-refractivity contribution is 0.0704. The zero-order chi connectivity index (χ0) is 14.7. The Labute approximate surface area is 141 Å². The zero-order valence-corrected chi connectivity index (χ0v) is 14.3. The van der Waals surface area contributed by atoms with Gasteiger partial charge in [-0.1, -0.05) is 30.3 Å². The van der Waals surface area contributed by atoms with Gasteiger partial charge >= 0.3 is 0 Å². The molecule has 1 fully saturated rings. The first-order chi connectivity index (χ1) is 10.3. The largest absolute Gasteiger partial charge is 0.336 e. The Kier molecular flexibility index (Phi) is 6.00. The van der Waals surface area contributed by atoms with E-state index in [0.717, 1.165) is 41.9 Å². The average Bonchev–Trinajstić information content (AvgIpc) is 3.04. The van der Waals surface area contributed by atoms with E-state index < -0.39 is 0 Å². The molecule has 118 valence electrons. The molecule has 2 aromatic rings. The molecule has 1 unspecified atom stereocenters. The van der Waals surface area contributed by atoms with E-state index >= 15 is 0 Å². The predicted octanol–water partition coefficient (Wildman–Crippen LogP) is 3.66. The molecule has 1 aliphatic rings. The molecule has 0 aliphatic carbocycles. The molecule has 1 N–H and O–H groups in total. The van der Waals surface area contributed by atoms with Gasteiger partial charge in [0.1, 0.15) is 0 Å². The Balaban J connectivity index is 0.00000176. The lowest BCUT2D eigenvalue weighted by Crippen LogP contribution is -2.46. The zero-order valence-electron chi connectivity index (χ0n) is 12.6. The Bertz CT molecular complexity index is 614. The van der Waals surface area contributed by atoms with Crippen LogP contribution in [0.15, 0.2) is 41.8 Å². The molecule has 22 heavy (non-hydrogen) atoms. The summed E-state index contributed by atoms with van der Waals surface area (Å²) in [7, 11) is 1.97. The van der Waals surface area contributed by atoms with E-state index in [-0.39, 0.29) is 18.3 Å². The molecule has 2 heterocycles. The van der Waals surface area contributed by atoms with Crippen molar-refractivity contribution in [2.24, 2.45) is 0 Å². The smallest absolute Gasteiger partial charge is 0.264 e. The molecule has 0 radical (unpaired) electrons. The van der Waals surface area contributed by atoms with E-state index in [9.17, 15) is 4.79 Å². The summed E-state index contributed by atoms with van der Waals surface area (Å²) in [5, 5.41) is 5.30. The lowest BCUT2D eigenvalue weighted by atomic mass is 10.0. The van der Waals surface area contributed by atoms with Crippen LogP contribution >= 0.6 is 23.7 Å². The van der Waals surface area contributed by atoms with Crippen LogP contribution in [0.3, 0.4) is 0 Å². The number of thiophene rings is 1. The van der Waals surface area contributed by atoms with Crippen LogP contribution in [0.25, 0.3) is 11.1 Å². The van der Waals surface area contributed by atoms with Crippen LogP contribution in [-0.2, 0) is 0 Å². The number of nitrogens with one attached hydrogen (secondary N) is 1. The second-order valence-corrected chi connectivity index (χ2v) is 6.32. The number of carbonyl (C=O) groups is 1. The van der Waals surface area contributed by atoms with E-state index in [0.29, 0.717) is 6.04 Å². The molecule has 1 atom stereocenters. The van der Waals surface area contributed by atoms with Gasteiger partial charge in [-0.3, -0.25) is 4.79 Å². The van der Waals surface area contributed by atoms with Crippen LogP contribution in [0.1, 0.15) is 22.5 Å². The Morgan fingerprint density at radius 3 is 2.77 bits per heavy atom. The highest BCUT2D eigenvalue weighted by Gasteiger charge is 2.26. The second-order valence-electron chi connectivity index (χ2n) is 5.41. The molecule has 1 aliphatic heterocycles. The second kappa shape index (κ2) is 7.77. The fourth-order valence-corrected chi connectivity index (χ4v) is 3.74. The maximum Gasteiger partial charge on any atom is 0.264 e. The standard InChI is InChI=1S/C17H20N2OS.ClH/c1-18-14-8-5-10-19(12-14)17(20)16-15(9-11-21-16)13-6-3-2-4-7-13;/h2-4,6-7,9,11,14,18H,5,8,10,12H2,1H3;1H. The Morgan fingerprint density at radius 1 is 1.27 bits per heavy atom. The van der Waals surface area contributed by atoms with Gasteiger partial charge in [0, 0.05) is 24.7 Å². The van der Waals surface area contributed by atoms with E-state index in [1.54, 1.807) is 11.3 Å². The molecule has 3 nitrogen and oxygen atoms in total. The number of benzene rings is 1. The molecule has 0 spiro atoms. The highest BCUT2D eigenvalue weighted by molar-refractivity contribution is 7.12. The number of halogens is 1. The minimum Gasteiger partial charge on any atom is -0.336 e. The SMILES string of the molecule is CNC1CCCN(C(=O)c2sccc2-c2ccccc2)C1.Cl. The lowest BCUT2D eigenvalue weighted by Gasteiger charge is -2.32. The summed E-state index contributed by atoms with van der Waals surface area (Å²) in [6.45, 7) is 1.67. The number of hydrogen-bond acceptors (Lipinski definition) is 3. The summed E-state index contributed by atoms with van der Waals surface area (Å²) >= 11 is 1.54. The van der Waals surface area contributed by atoms with Crippen molar-refractivity contribution in [3.63, 3.8) is 0 Å². The van der Waals surface area contributed by atoms with E-state index in [2.05, 4.69) is 17.4 Å². The predicted molar refractivity (Wildman–Crippen MR) is 95.0 cm³/mol. The number of amides is 1. The maximum atomic E-state index is 12.8. The molecule has 0 saturated carbocycles. The van der Waals surface area contributed by atoms with Crippen molar-refractivity contribution in [3.05, 3.63) is 46.7 Å². The van der Waals surface area contributed by atoms with Gasteiger partial charge in [0.25, 0.3) is 5.91 Å². The van der Waals surface area contributed by atoms with E-state index in [4.69, 9.17) is 0 Å². The minimum atomic E-state index is 0. The van der Waals surface area contributed by atoms with Crippen molar-refractivity contribution < 1.29 is 4.79 Å². The average molecular weight is 337 g/mol. The molecular weight excluding hydrogens is 316 g/mol. The third kappa shape index (κ3) is 3.51. The third-order valence-corrected chi connectivity index (χ3v) is 4.96. The van der Waals surface area contributed by atoms with Gasteiger partial charge < -0.3 is 10.2 Å². The number of hydrogen-bond donors (Lipinski definition) is 1. The molecule has 3 rings (SSSR count). The quantitative estimate of drug-likeness (QED) is 0.927. The van der Waals surface area contributed by atoms with Crippen LogP contribution in [0.5, 0.6) is 0 Å². The summed E-state index contributed by atoms with van der Waals surface area (Å²) in [4.78, 5) is 15.7. The van der Waals surface area contributed by atoms with Crippen molar-refractivity contribution in [3.8, 4) is 11.1 Å². The van der Waals surface area contributed by atoms with Gasteiger partial charge in [-0.25, -0.2) is 0 Å². The minimum absolute atomic E-state index is 0. The van der Waals surface area contributed by atoms with Gasteiger partial charge in [0.05, 0.1) is 4.88 Å². The number of rotatable bonds is 3. The van der Waals surface area contributed by atoms with Gasteiger partial charge in [-0.2, -0.15) is 0 Å². The van der Waals surface area contributed by atoms with Crippen LogP contribution in [0, 0.1) is 0 Å². The topological polar surface area (TPSA) is 32.3 Å². The molecular formula is C17H21ClN2OS. The highest BCUT2D eigenvalue weighted by Crippen LogP contribution is 2.30. The molecule has 5 heteroatoms. The van der Waals surface area contributed by atoms with Crippen LogP contribution in [-0.4, -0.2) is 37.0 Å². The maximum absolute atomic E-state index is 12.8. The fraction of sp³-hybridized carbons (Fsp3) is 0.353. The summed E-state index contributed by atoms with van der Waals surface area (Å²) in [6.07, 6.45) is 2.22. The molecule has 1 aromatic heterocycles. The van der Waals surface area contributed by atoms with Gasteiger partial charge in [-0.15, -0.1) is 23.7 Å². The monoisotopic (exact) mass is 336 g/mol. The van der Waals surface area contributed by atoms with Crippen LogP contribution in [0.4, 0.5) is 0 Å². The first-order valence-corrected chi connectivity index (χ1v) is 8.27. The third-order valence-electron chi connectivity index (χ3n) is 4.06. The van der Waals surface area contributed by atoms with Crippen LogP contribution < -0.4 is 5.32 Å². The number of piperidine rings is 1. The number of likely N-dealkylation sites (N-methyl/N-ethyl adjacent to an activating group) is 1. The molecule has 1 aromatic carbocycles. The highest BCUT2D eigenvalue weighted by atomic mass is 35.5. The van der Waals surface area contributed by atoms with Gasteiger partial charge in [0.15, 0.2) is 0 Å². The van der Waals surface area contributed by atoms with Crippen molar-refractivity contribution in [1.82, 2.24) is 10.2 Å². The first kappa shape index (κ1) is 17.0. The summed E-state index contributed by atoms with van der Waals surface area (Å²) < 4.78 is 0. The van der Waals surface area contributed by atoms with E-state index in [1.807, 2.05) is 41.6 Å². The molecule has 1 saturated heterocycles. The van der Waals surface area contributed by atoms with Crippen molar-refractivity contribution in [2.75, 3.05) is 20.1 Å². The van der Waals surface area contributed by atoms with E-state index in [1.165, 1.54) is 0 Å². The Morgan fingerprint density at radius 2 is 2.05 bits per heavy atom. The number of nitrogens with zero attached hydrogens (tertiary/aromatic N) is 1. The van der Waals surface area contributed by atoms with Crippen molar-refractivity contribution in [2.45, 2.75) is 18.9 Å². The van der Waals surface area contributed by atoms with Gasteiger partial charge in [0.2, 0.25) is 0 Å². The normalized spacial score (nSPS) is 17.9. The molecule has 0 bridgehead atoms. The Hall–Kier alpha value is -1.36. The molecule has 1 amide bonds. The summed E-state index contributed by atoms with van der Waals surface area (Å²) in [5.74, 6) is 0.170. The van der Waals surface area contributed by atoms with Gasteiger partial charge in [-0.05, 0) is 36.9 Å².